The summed E-state index contributed by atoms with van der Waals surface area (Å²) in [6, 6.07) is 5.19. The predicted molar refractivity (Wildman–Crippen MR) is 55.0 cm³/mol. The lowest BCUT2D eigenvalue weighted by Crippen LogP contribution is -2.15. The molecule has 1 heterocycles. The van der Waals surface area contributed by atoms with Gasteiger partial charge in [-0.05, 0) is 26.0 Å². The van der Waals surface area contributed by atoms with Crippen molar-refractivity contribution in [1.82, 2.24) is 4.98 Å². The molecule has 0 aliphatic carbocycles. The smallest absolute Gasteiger partial charge is 0.309 e. The fraction of sp³-hybridized carbons (Fsp3) is 0.455. The molecule has 0 radical (unpaired) electrons. The molecule has 0 saturated carbocycles. The number of rotatable bonds is 4. The Balaban J connectivity index is 2.49. The topological polar surface area (TPSA) is 59.4 Å². The first kappa shape index (κ1) is 11.7. The van der Waals surface area contributed by atoms with E-state index in [-0.39, 0.29) is 12.5 Å². The monoisotopic (exact) mass is 209 g/mol. The maximum absolute atomic E-state index is 11.2. The van der Waals surface area contributed by atoms with Gasteiger partial charge in [0.25, 0.3) is 0 Å². The predicted octanol–water partition coefficient (Wildman–Crippen LogP) is 1.46. The molecule has 0 amide bonds. The first-order valence-electron chi connectivity index (χ1n) is 4.88. The molecule has 1 rings (SSSR count). The molecule has 0 bridgehead atoms. The van der Waals surface area contributed by atoms with Gasteiger partial charge >= 0.3 is 5.97 Å². The van der Waals surface area contributed by atoms with Crippen molar-refractivity contribution < 1.29 is 14.6 Å². The number of pyridine rings is 1. The highest BCUT2D eigenvalue weighted by atomic mass is 16.5. The maximum atomic E-state index is 11.2. The molecular formula is C11H15NO3. The molecule has 0 spiro atoms. The van der Waals surface area contributed by atoms with Gasteiger partial charge in [-0.15, -0.1) is 0 Å². The second-order valence-electron chi connectivity index (χ2n) is 3.51. The van der Waals surface area contributed by atoms with Crippen LogP contribution in [0.1, 0.15) is 32.1 Å². The molecule has 1 N–H and O–H groups in total. The summed E-state index contributed by atoms with van der Waals surface area (Å²) < 4.78 is 4.92. The molecule has 1 unspecified atom stereocenters. The molecule has 0 aliphatic heterocycles. The van der Waals surface area contributed by atoms with Crippen molar-refractivity contribution in [3.63, 3.8) is 0 Å². The lowest BCUT2D eigenvalue weighted by atomic mass is 10.2. The van der Waals surface area contributed by atoms with Crippen LogP contribution in [0.4, 0.5) is 0 Å². The van der Waals surface area contributed by atoms with Gasteiger partial charge in [0.1, 0.15) is 6.10 Å². The van der Waals surface area contributed by atoms with Gasteiger partial charge in [-0.2, -0.15) is 0 Å². The molecule has 4 heteroatoms. The van der Waals surface area contributed by atoms with E-state index < -0.39 is 12.1 Å². The number of hydrogen-bond acceptors (Lipinski definition) is 4. The number of aliphatic hydroxyl groups is 1. The van der Waals surface area contributed by atoms with E-state index in [0.29, 0.717) is 5.69 Å². The standard InChI is InChI=1S/C11H15NO3/c1-8(2)15-11(14)7-10(13)9-5-3-4-6-12-9/h3-6,8,10,13H,7H2,1-2H3. The molecule has 0 saturated heterocycles. The van der Waals surface area contributed by atoms with Gasteiger partial charge < -0.3 is 9.84 Å². The number of aromatic nitrogens is 1. The quantitative estimate of drug-likeness (QED) is 0.762. The highest BCUT2D eigenvalue weighted by Crippen LogP contribution is 2.14. The van der Waals surface area contributed by atoms with Gasteiger partial charge in [0, 0.05) is 6.20 Å². The van der Waals surface area contributed by atoms with Crippen LogP contribution in [-0.2, 0) is 9.53 Å². The Hall–Kier alpha value is -1.42. The Labute approximate surface area is 88.9 Å². The van der Waals surface area contributed by atoms with Gasteiger partial charge in [0.05, 0.1) is 18.2 Å². The number of nitrogens with zero attached hydrogens (tertiary/aromatic N) is 1. The van der Waals surface area contributed by atoms with Gasteiger partial charge in [-0.3, -0.25) is 9.78 Å². The van der Waals surface area contributed by atoms with Crippen LogP contribution in [0, 0.1) is 0 Å². The summed E-state index contributed by atoms with van der Waals surface area (Å²) in [7, 11) is 0. The van der Waals surface area contributed by atoms with Crippen LogP contribution in [0.3, 0.4) is 0 Å². The Morgan fingerprint density at radius 3 is 2.80 bits per heavy atom. The number of esters is 1. The minimum atomic E-state index is -0.891. The fourth-order valence-electron chi connectivity index (χ4n) is 1.15. The summed E-state index contributed by atoms with van der Waals surface area (Å²) >= 11 is 0. The average molecular weight is 209 g/mol. The van der Waals surface area contributed by atoms with E-state index in [1.54, 1.807) is 38.2 Å². The molecule has 1 aromatic rings. The molecule has 1 atom stereocenters. The van der Waals surface area contributed by atoms with Crippen molar-refractivity contribution in [3.05, 3.63) is 30.1 Å². The van der Waals surface area contributed by atoms with Crippen molar-refractivity contribution >= 4 is 5.97 Å². The Morgan fingerprint density at radius 1 is 1.53 bits per heavy atom. The van der Waals surface area contributed by atoms with Crippen LogP contribution in [0.25, 0.3) is 0 Å². The fourth-order valence-corrected chi connectivity index (χ4v) is 1.15. The second-order valence-corrected chi connectivity index (χ2v) is 3.51. The number of aliphatic hydroxyl groups excluding tert-OH is 1. The molecular weight excluding hydrogens is 194 g/mol. The molecule has 15 heavy (non-hydrogen) atoms. The third kappa shape index (κ3) is 4.08. The normalized spacial score (nSPS) is 12.5. The number of hydrogen-bond donors (Lipinski definition) is 1. The molecule has 4 nitrogen and oxygen atoms in total. The molecule has 0 fully saturated rings. The minimum absolute atomic E-state index is 0.0603. The van der Waals surface area contributed by atoms with E-state index in [4.69, 9.17) is 4.74 Å². The zero-order valence-corrected chi connectivity index (χ0v) is 8.88. The summed E-state index contributed by atoms with van der Waals surface area (Å²) in [6.45, 7) is 3.54. The SMILES string of the molecule is CC(C)OC(=O)CC(O)c1ccccn1. The van der Waals surface area contributed by atoms with Gasteiger partial charge in [-0.25, -0.2) is 0 Å². The lowest BCUT2D eigenvalue weighted by Gasteiger charge is -2.11. The second kappa shape index (κ2) is 5.46. The molecule has 0 aliphatic rings. The first-order valence-corrected chi connectivity index (χ1v) is 4.88. The Morgan fingerprint density at radius 2 is 2.27 bits per heavy atom. The van der Waals surface area contributed by atoms with E-state index in [2.05, 4.69) is 4.98 Å². The highest BCUT2D eigenvalue weighted by Gasteiger charge is 2.15. The maximum Gasteiger partial charge on any atom is 0.309 e. The van der Waals surface area contributed by atoms with Crippen molar-refractivity contribution in [3.8, 4) is 0 Å². The number of ether oxygens (including phenoxy) is 1. The zero-order valence-electron chi connectivity index (χ0n) is 8.88. The van der Waals surface area contributed by atoms with Gasteiger partial charge in [0.15, 0.2) is 0 Å². The summed E-state index contributed by atoms with van der Waals surface area (Å²) in [5, 5.41) is 9.64. The van der Waals surface area contributed by atoms with Crippen LogP contribution in [-0.4, -0.2) is 22.2 Å². The van der Waals surface area contributed by atoms with Crippen LogP contribution in [0.15, 0.2) is 24.4 Å². The summed E-state index contributed by atoms with van der Waals surface area (Å²) in [5.74, 6) is -0.414. The van der Waals surface area contributed by atoms with E-state index >= 15 is 0 Å². The summed E-state index contributed by atoms with van der Waals surface area (Å²) in [6.07, 6.45) is 0.465. The third-order valence-corrected chi connectivity index (χ3v) is 1.76. The number of carbonyl (C=O) groups excluding carboxylic acids is 1. The molecule has 82 valence electrons. The van der Waals surface area contributed by atoms with Crippen LogP contribution >= 0.6 is 0 Å². The average Bonchev–Trinajstić information content (AvgIpc) is 2.17. The van der Waals surface area contributed by atoms with Crippen molar-refractivity contribution in [2.24, 2.45) is 0 Å². The Bertz CT molecular complexity index is 311. The summed E-state index contributed by atoms with van der Waals surface area (Å²) in [4.78, 5) is 15.2. The number of carbonyl (C=O) groups is 1. The van der Waals surface area contributed by atoms with E-state index in [1.807, 2.05) is 0 Å². The highest BCUT2D eigenvalue weighted by molar-refractivity contribution is 5.70. The third-order valence-electron chi connectivity index (χ3n) is 1.76. The Kier molecular flexibility index (Phi) is 4.24. The van der Waals surface area contributed by atoms with Crippen molar-refractivity contribution in [2.45, 2.75) is 32.5 Å². The van der Waals surface area contributed by atoms with Crippen LogP contribution in [0.2, 0.25) is 0 Å². The first-order chi connectivity index (χ1) is 7.09. The molecule has 1 aromatic heterocycles. The van der Waals surface area contributed by atoms with E-state index in [0.717, 1.165) is 0 Å². The van der Waals surface area contributed by atoms with Gasteiger partial charge in [0.2, 0.25) is 0 Å². The van der Waals surface area contributed by atoms with Crippen LogP contribution in [0.5, 0.6) is 0 Å². The molecule has 0 aromatic carbocycles. The van der Waals surface area contributed by atoms with E-state index in [1.165, 1.54) is 0 Å². The van der Waals surface area contributed by atoms with E-state index in [9.17, 15) is 9.90 Å². The minimum Gasteiger partial charge on any atom is -0.463 e. The van der Waals surface area contributed by atoms with Crippen molar-refractivity contribution in [1.29, 1.82) is 0 Å². The lowest BCUT2D eigenvalue weighted by molar-refractivity contribution is -0.149. The largest absolute Gasteiger partial charge is 0.463 e. The zero-order chi connectivity index (χ0) is 11.3. The van der Waals surface area contributed by atoms with Gasteiger partial charge in [-0.1, -0.05) is 6.07 Å². The van der Waals surface area contributed by atoms with Crippen molar-refractivity contribution in [2.75, 3.05) is 0 Å². The van der Waals surface area contributed by atoms with Crippen LogP contribution < -0.4 is 0 Å². The summed E-state index contributed by atoms with van der Waals surface area (Å²) in [5.41, 5.74) is 0.484.